The first-order valence-electron chi connectivity index (χ1n) is 5.10. The molecule has 0 unspecified atom stereocenters. The average molecular weight is 202 g/mol. The maximum Gasteiger partial charge on any atom is 0.220 e. The molecular weight excluding hydrogens is 180 g/mol. The second-order valence-corrected chi connectivity index (χ2v) is 3.94. The molecule has 0 aromatic carbocycles. The van der Waals surface area contributed by atoms with E-state index in [4.69, 9.17) is 10.5 Å². The van der Waals surface area contributed by atoms with E-state index in [2.05, 4.69) is 5.32 Å². The summed E-state index contributed by atoms with van der Waals surface area (Å²) in [5.41, 5.74) is 5.19. The maximum atomic E-state index is 11.4. The first-order chi connectivity index (χ1) is 6.52. The molecular formula is C10H22N2O2. The van der Waals surface area contributed by atoms with Gasteiger partial charge in [0.05, 0.1) is 0 Å². The van der Waals surface area contributed by atoms with E-state index in [0.717, 1.165) is 6.42 Å². The first-order valence-corrected chi connectivity index (χ1v) is 5.10. The lowest BCUT2D eigenvalue weighted by Gasteiger charge is -2.24. The molecule has 0 radical (unpaired) electrons. The van der Waals surface area contributed by atoms with E-state index in [0.29, 0.717) is 26.2 Å². The average Bonchev–Trinajstić information content (AvgIpc) is 2.12. The van der Waals surface area contributed by atoms with Crippen LogP contribution in [0.4, 0.5) is 0 Å². The molecule has 0 atom stereocenters. The lowest BCUT2D eigenvalue weighted by atomic mass is 10.1. The van der Waals surface area contributed by atoms with Crippen molar-refractivity contribution in [3.8, 4) is 0 Å². The summed E-state index contributed by atoms with van der Waals surface area (Å²) in [6.07, 6.45) is 1.27. The molecule has 14 heavy (non-hydrogen) atoms. The summed E-state index contributed by atoms with van der Waals surface area (Å²) in [7, 11) is 0. The van der Waals surface area contributed by atoms with Gasteiger partial charge in [0.2, 0.25) is 5.91 Å². The molecule has 0 spiro atoms. The van der Waals surface area contributed by atoms with Crippen molar-refractivity contribution < 1.29 is 9.53 Å². The SMILES string of the molecule is CCOCCCC(=O)NC(C)(C)CN. The largest absolute Gasteiger partial charge is 0.382 e. The van der Waals surface area contributed by atoms with Gasteiger partial charge in [-0.25, -0.2) is 0 Å². The molecule has 0 aliphatic carbocycles. The molecule has 0 aliphatic heterocycles. The maximum absolute atomic E-state index is 11.4. The molecule has 0 aliphatic rings. The van der Waals surface area contributed by atoms with Gasteiger partial charge in [-0.3, -0.25) is 4.79 Å². The molecule has 1 amide bonds. The molecule has 4 nitrogen and oxygen atoms in total. The number of hydrogen-bond donors (Lipinski definition) is 2. The van der Waals surface area contributed by atoms with Crippen molar-refractivity contribution in [3.05, 3.63) is 0 Å². The lowest BCUT2D eigenvalue weighted by molar-refractivity contribution is -0.122. The zero-order valence-electron chi connectivity index (χ0n) is 9.43. The number of carbonyl (C=O) groups is 1. The van der Waals surface area contributed by atoms with Gasteiger partial charge in [0.1, 0.15) is 0 Å². The molecule has 0 aromatic heterocycles. The highest BCUT2D eigenvalue weighted by atomic mass is 16.5. The van der Waals surface area contributed by atoms with Gasteiger partial charge in [-0.05, 0) is 27.2 Å². The van der Waals surface area contributed by atoms with Crippen LogP contribution < -0.4 is 11.1 Å². The van der Waals surface area contributed by atoms with E-state index in [-0.39, 0.29) is 11.4 Å². The monoisotopic (exact) mass is 202 g/mol. The van der Waals surface area contributed by atoms with Crippen LogP contribution in [-0.2, 0) is 9.53 Å². The molecule has 4 heteroatoms. The normalized spacial score (nSPS) is 11.4. The molecule has 0 aromatic rings. The third-order valence-corrected chi connectivity index (χ3v) is 1.88. The molecule has 3 N–H and O–H groups in total. The van der Waals surface area contributed by atoms with Gasteiger partial charge in [-0.2, -0.15) is 0 Å². The van der Waals surface area contributed by atoms with Crippen molar-refractivity contribution in [1.82, 2.24) is 5.32 Å². The standard InChI is InChI=1S/C10H22N2O2/c1-4-14-7-5-6-9(13)12-10(2,3)8-11/h4-8,11H2,1-3H3,(H,12,13). The van der Waals surface area contributed by atoms with Crippen LogP contribution in [0.15, 0.2) is 0 Å². The van der Waals surface area contributed by atoms with E-state index in [1.165, 1.54) is 0 Å². The summed E-state index contributed by atoms with van der Waals surface area (Å²) < 4.78 is 5.14. The predicted molar refractivity (Wildman–Crippen MR) is 57.0 cm³/mol. The van der Waals surface area contributed by atoms with Crippen molar-refractivity contribution in [2.75, 3.05) is 19.8 Å². The van der Waals surface area contributed by atoms with Gasteiger partial charge in [0.25, 0.3) is 0 Å². The highest BCUT2D eigenvalue weighted by Crippen LogP contribution is 2.00. The Morgan fingerprint density at radius 3 is 2.64 bits per heavy atom. The Kier molecular flexibility index (Phi) is 6.49. The van der Waals surface area contributed by atoms with Crippen LogP contribution in [0, 0.1) is 0 Å². The minimum atomic E-state index is -0.303. The minimum Gasteiger partial charge on any atom is -0.382 e. The van der Waals surface area contributed by atoms with Crippen LogP contribution in [0.25, 0.3) is 0 Å². The van der Waals surface area contributed by atoms with Crippen LogP contribution >= 0.6 is 0 Å². The van der Waals surface area contributed by atoms with Crippen molar-refractivity contribution in [3.63, 3.8) is 0 Å². The highest BCUT2D eigenvalue weighted by molar-refractivity contribution is 5.76. The van der Waals surface area contributed by atoms with Crippen molar-refractivity contribution >= 4 is 5.91 Å². The van der Waals surface area contributed by atoms with Gasteiger partial charge in [-0.1, -0.05) is 0 Å². The zero-order chi connectivity index (χ0) is 11.0. The fourth-order valence-corrected chi connectivity index (χ4v) is 0.970. The van der Waals surface area contributed by atoms with E-state index >= 15 is 0 Å². The fourth-order valence-electron chi connectivity index (χ4n) is 0.970. The van der Waals surface area contributed by atoms with Crippen LogP contribution in [-0.4, -0.2) is 31.2 Å². The first kappa shape index (κ1) is 13.4. The Bertz CT molecular complexity index is 170. The van der Waals surface area contributed by atoms with E-state index in [1.807, 2.05) is 20.8 Å². The number of hydrogen-bond acceptors (Lipinski definition) is 3. The zero-order valence-corrected chi connectivity index (χ0v) is 9.43. The summed E-state index contributed by atoms with van der Waals surface area (Å²) in [6.45, 7) is 7.56. The quantitative estimate of drug-likeness (QED) is 0.596. The number of rotatable bonds is 7. The fraction of sp³-hybridized carbons (Fsp3) is 0.900. The highest BCUT2D eigenvalue weighted by Gasteiger charge is 2.17. The van der Waals surface area contributed by atoms with Crippen molar-refractivity contribution in [2.45, 2.75) is 39.2 Å². The Hall–Kier alpha value is -0.610. The molecule has 0 fully saturated rings. The Morgan fingerprint density at radius 2 is 2.14 bits per heavy atom. The van der Waals surface area contributed by atoms with Crippen molar-refractivity contribution in [2.24, 2.45) is 5.73 Å². The third kappa shape index (κ3) is 6.86. The van der Waals surface area contributed by atoms with Gasteiger partial charge < -0.3 is 15.8 Å². The second kappa shape index (κ2) is 6.79. The van der Waals surface area contributed by atoms with Crippen molar-refractivity contribution in [1.29, 1.82) is 0 Å². The van der Waals surface area contributed by atoms with Gasteiger partial charge >= 0.3 is 0 Å². The Labute approximate surface area is 86.2 Å². The molecule has 84 valence electrons. The Balaban J connectivity index is 3.55. The molecule has 0 saturated heterocycles. The second-order valence-electron chi connectivity index (χ2n) is 3.94. The summed E-state index contributed by atoms with van der Waals surface area (Å²) in [5.74, 6) is 0.0418. The number of amides is 1. The smallest absolute Gasteiger partial charge is 0.220 e. The predicted octanol–water partition coefficient (Wildman–Crippen LogP) is 0.657. The van der Waals surface area contributed by atoms with Crippen LogP contribution in [0.5, 0.6) is 0 Å². The topological polar surface area (TPSA) is 64.3 Å². The number of carbonyl (C=O) groups excluding carboxylic acids is 1. The van der Waals surface area contributed by atoms with Crippen LogP contribution in [0.2, 0.25) is 0 Å². The van der Waals surface area contributed by atoms with E-state index in [9.17, 15) is 4.79 Å². The van der Waals surface area contributed by atoms with Crippen LogP contribution in [0.3, 0.4) is 0 Å². The molecule has 0 rings (SSSR count). The number of ether oxygens (including phenoxy) is 1. The number of nitrogens with two attached hydrogens (primary N) is 1. The summed E-state index contributed by atoms with van der Waals surface area (Å²) >= 11 is 0. The van der Waals surface area contributed by atoms with E-state index in [1.54, 1.807) is 0 Å². The number of nitrogens with one attached hydrogen (secondary N) is 1. The van der Waals surface area contributed by atoms with Gasteiger partial charge in [-0.15, -0.1) is 0 Å². The minimum absolute atomic E-state index is 0.0418. The third-order valence-electron chi connectivity index (χ3n) is 1.88. The van der Waals surface area contributed by atoms with Crippen LogP contribution in [0.1, 0.15) is 33.6 Å². The molecule has 0 heterocycles. The summed E-state index contributed by atoms with van der Waals surface area (Å²) in [5, 5.41) is 2.86. The van der Waals surface area contributed by atoms with Gasteiger partial charge in [0.15, 0.2) is 0 Å². The Morgan fingerprint density at radius 1 is 1.50 bits per heavy atom. The van der Waals surface area contributed by atoms with E-state index < -0.39 is 0 Å². The lowest BCUT2D eigenvalue weighted by Crippen LogP contribution is -2.48. The van der Waals surface area contributed by atoms with Gasteiger partial charge in [0, 0.05) is 31.7 Å². The summed E-state index contributed by atoms with van der Waals surface area (Å²) in [6, 6.07) is 0. The summed E-state index contributed by atoms with van der Waals surface area (Å²) in [4.78, 5) is 11.4. The molecule has 0 bridgehead atoms. The molecule has 0 saturated carbocycles.